The van der Waals surface area contributed by atoms with Crippen molar-refractivity contribution in [3.63, 3.8) is 0 Å². The molecule has 0 spiro atoms. The second-order valence-corrected chi connectivity index (χ2v) is 9.02. The number of nitrogens with zero attached hydrogens (tertiary/aromatic N) is 5. The first-order valence-electron chi connectivity index (χ1n) is 11.9. The number of fused-ring (bicyclic) bond motifs is 1. The van der Waals surface area contributed by atoms with Gasteiger partial charge in [-0.25, -0.2) is 4.52 Å². The second-order valence-electron chi connectivity index (χ2n) is 9.02. The standard InChI is InChI=1S/C16H19N7.C7H13NO/c1-2-8-22(7-1)16-18-15(13-4-3-9-23(13)21-16)17-14-10-12(19-20-14)11-5-6-11;9-6-8-7-4-2-1-3-5-7/h3-4,9-11H,1-2,5-8H2,(H2,17,18,19,20,21);6-7H,1-5H2,(H,8,9). The van der Waals surface area contributed by atoms with Gasteiger partial charge in [-0.1, -0.05) is 19.3 Å². The summed E-state index contributed by atoms with van der Waals surface area (Å²) in [7, 11) is 0. The summed E-state index contributed by atoms with van der Waals surface area (Å²) in [5, 5.41) is 18.3. The number of amides is 1. The molecule has 3 aromatic heterocycles. The van der Waals surface area contributed by atoms with Gasteiger partial charge < -0.3 is 15.5 Å². The monoisotopic (exact) mass is 436 g/mol. The smallest absolute Gasteiger partial charge is 0.245 e. The third-order valence-electron chi connectivity index (χ3n) is 6.54. The molecule has 0 aromatic carbocycles. The van der Waals surface area contributed by atoms with Gasteiger partial charge in [0.05, 0.1) is 0 Å². The van der Waals surface area contributed by atoms with Crippen LogP contribution in [0.15, 0.2) is 24.4 Å². The average Bonchev–Trinajstić information content (AvgIpc) is 3.22. The highest BCUT2D eigenvalue weighted by Gasteiger charge is 2.26. The first kappa shape index (κ1) is 20.8. The van der Waals surface area contributed by atoms with Crippen molar-refractivity contribution in [2.75, 3.05) is 23.3 Å². The van der Waals surface area contributed by atoms with E-state index >= 15 is 0 Å². The van der Waals surface area contributed by atoms with Crippen molar-refractivity contribution < 1.29 is 4.79 Å². The van der Waals surface area contributed by atoms with E-state index < -0.39 is 0 Å². The molecule has 0 unspecified atom stereocenters. The molecule has 170 valence electrons. The van der Waals surface area contributed by atoms with Crippen molar-refractivity contribution >= 4 is 29.5 Å². The van der Waals surface area contributed by atoms with E-state index in [1.165, 1.54) is 63.5 Å². The summed E-state index contributed by atoms with van der Waals surface area (Å²) in [4.78, 5) is 17.0. The van der Waals surface area contributed by atoms with E-state index in [1.54, 1.807) is 0 Å². The molecule has 3 N–H and O–H groups in total. The topological polar surface area (TPSA) is 103 Å². The fourth-order valence-corrected chi connectivity index (χ4v) is 4.56. The number of hydrogen-bond donors (Lipinski definition) is 3. The summed E-state index contributed by atoms with van der Waals surface area (Å²) in [6.07, 6.45) is 14.0. The third-order valence-corrected chi connectivity index (χ3v) is 6.54. The van der Waals surface area contributed by atoms with E-state index in [0.29, 0.717) is 12.0 Å². The Labute approximate surface area is 188 Å². The molecule has 4 heterocycles. The van der Waals surface area contributed by atoms with Crippen LogP contribution >= 0.6 is 0 Å². The minimum atomic E-state index is 0.483. The molecule has 9 nitrogen and oxygen atoms in total. The largest absolute Gasteiger partial charge is 0.356 e. The Morgan fingerprint density at radius 2 is 1.88 bits per heavy atom. The molecular weight excluding hydrogens is 404 g/mol. The Bertz CT molecular complexity index is 1030. The van der Waals surface area contributed by atoms with E-state index in [1.807, 2.05) is 22.8 Å². The van der Waals surface area contributed by atoms with Gasteiger partial charge in [0.25, 0.3) is 0 Å². The van der Waals surface area contributed by atoms with E-state index in [0.717, 1.165) is 42.6 Å². The number of H-pyrrole nitrogens is 1. The van der Waals surface area contributed by atoms with E-state index in [-0.39, 0.29) is 0 Å². The molecule has 1 amide bonds. The summed E-state index contributed by atoms with van der Waals surface area (Å²) in [6, 6.07) is 6.58. The van der Waals surface area contributed by atoms with Gasteiger partial charge in [0.1, 0.15) is 5.52 Å². The zero-order valence-electron chi connectivity index (χ0n) is 18.5. The molecule has 0 atom stereocenters. The molecule has 3 aliphatic rings. The molecule has 0 bridgehead atoms. The van der Waals surface area contributed by atoms with Crippen molar-refractivity contribution in [1.82, 2.24) is 30.1 Å². The number of rotatable bonds is 6. The maximum atomic E-state index is 9.96. The lowest BCUT2D eigenvalue weighted by Gasteiger charge is -2.19. The van der Waals surface area contributed by atoms with Crippen LogP contribution in [0.3, 0.4) is 0 Å². The zero-order chi connectivity index (χ0) is 21.8. The lowest BCUT2D eigenvalue weighted by molar-refractivity contribution is -0.110. The molecule has 1 aliphatic heterocycles. The highest BCUT2D eigenvalue weighted by atomic mass is 16.1. The van der Waals surface area contributed by atoms with Crippen LogP contribution in [-0.4, -0.2) is 50.3 Å². The van der Waals surface area contributed by atoms with Crippen LogP contribution in [0.25, 0.3) is 5.52 Å². The van der Waals surface area contributed by atoms with Crippen LogP contribution < -0.4 is 15.5 Å². The maximum absolute atomic E-state index is 9.96. The summed E-state index contributed by atoms with van der Waals surface area (Å²) < 4.78 is 1.89. The minimum absolute atomic E-state index is 0.483. The highest BCUT2D eigenvalue weighted by Crippen LogP contribution is 2.39. The van der Waals surface area contributed by atoms with Crippen molar-refractivity contribution in [2.45, 2.75) is 69.7 Å². The van der Waals surface area contributed by atoms with Crippen molar-refractivity contribution in [3.8, 4) is 0 Å². The summed E-state index contributed by atoms with van der Waals surface area (Å²) in [5.41, 5.74) is 2.18. The molecule has 32 heavy (non-hydrogen) atoms. The number of aromatic nitrogens is 5. The minimum Gasteiger partial charge on any atom is -0.356 e. The van der Waals surface area contributed by atoms with Crippen molar-refractivity contribution in [1.29, 1.82) is 0 Å². The van der Waals surface area contributed by atoms with E-state index in [4.69, 9.17) is 4.98 Å². The number of carbonyl (C=O) groups is 1. The summed E-state index contributed by atoms with van der Waals surface area (Å²) >= 11 is 0. The molecule has 9 heteroatoms. The fraction of sp³-hybridized carbons (Fsp3) is 0.565. The van der Waals surface area contributed by atoms with Gasteiger partial charge in [0.2, 0.25) is 12.4 Å². The number of hydrogen-bond acceptors (Lipinski definition) is 6. The van der Waals surface area contributed by atoms with Gasteiger partial charge in [-0.2, -0.15) is 10.1 Å². The van der Waals surface area contributed by atoms with Crippen LogP contribution in [0.1, 0.15) is 69.4 Å². The Balaban J connectivity index is 0.000000203. The lowest BCUT2D eigenvalue weighted by atomic mass is 9.96. The van der Waals surface area contributed by atoms with Crippen molar-refractivity contribution in [3.05, 3.63) is 30.1 Å². The lowest BCUT2D eigenvalue weighted by Crippen LogP contribution is -2.29. The number of aromatic amines is 1. The number of carbonyl (C=O) groups excluding carboxylic acids is 1. The fourth-order valence-electron chi connectivity index (χ4n) is 4.56. The summed E-state index contributed by atoms with van der Waals surface area (Å²) in [5.74, 6) is 3.07. The molecule has 0 radical (unpaired) electrons. The quantitative estimate of drug-likeness (QED) is 0.509. The van der Waals surface area contributed by atoms with Crippen LogP contribution in [0.5, 0.6) is 0 Å². The first-order chi connectivity index (χ1) is 15.8. The molecule has 2 aliphatic carbocycles. The van der Waals surface area contributed by atoms with Crippen LogP contribution in [0, 0.1) is 0 Å². The predicted molar refractivity (Wildman–Crippen MR) is 124 cm³/mol. The zero-order valence-corrected chi connectivity index (χ0v) is 18.5. The van der Waals surface area contributed by atoms with Gasteiger partial charge >= 0.3 is 0 Å². The first-order valence-corrected chi connectivity index (χ1v) is 11.9. The Morgan fingerprint density at radius 3 is 2.62 bits per heavy atom. The van der Waals surface area contributed by atoms with Gasteiger partial charge in [-0.05, 0) is 50.7 Å². The normalized spacial score (nSPS) is 18.9. The number of nitrogens with one attached hydrogen (secondary N) is 3. The molecule has 6 rings (SSSR count). The SMILES string of the molecule is O=CNC1CCCCC1.c1cc2c(Nc3cc(C4CC4)[nH]n3)nc(N3CCCC3)nn2c1. The summed E-state index contributed by atoms with van der Waals surface area (Å²) in [6.45, 7) is 2.06. The molecule has 3 fully saturated rings. The highest BCUT2D eigenvalue weighted by molar-refractivity contribution is 5.73. The van der Waals surface area contributed by atoms with E-state index in [9.17, 15) is 4.79 Å². The second kappa shape index (κ2) is 9.58. The van der Waals surface area contributed by atoms with Gasteiger partial charge in [-0.15, -0.1) is 5.10 Å². The Kier molecular flexibility index (Phi) is 6.22. The van der Waals surface area contributed by atoms with E-state index in [2.05, 4.69) is 36.9 Å². The van der Waals surface area contributed by atoms with Gasteiger partial charge in [0.15, 0.2) is 11.6 Å². The third kappa shape index (κ3) is 4.87. The van der Waals surface area contributed by atoms with Crippen LogP contribution in [-0.2, 0) is 4.79 Å². The van der Waals surface area contributed by atoms with Gasteiger partial charge in [0, 0.05) is 43.0 Å². The predicted octanol–water partition coefficient (Wildman–Crippen LogP) is 3.74. The molecular formula is C23H32N8O. The number of anilines is 3. The maximum Gasteiger partial charge on any atom is 0.245 e. The van der Waals surface area contributed by atoms with Crippen molar-refractivity contribution in [2.24, 2.45) is 0 Å². The van der Waals surface area contributed by atoms with Crippen LogP contribution in [0.4, 0.5) is 17.6 Å². The molecule has 1 saturated heterocycles. The average molecular weight is 437 g/mol. The Morgan fingerprint density at radius 1 is 1.06 bits per heavy atom. The molecule has 3 aromatic rings. The van der Waals surface area contributed by atoms with Gasteiger partial charge in [-0.3, -0.25) is 9.89 Å². The Hall–Kier alpha value is -3.10. The van der Waals surface area contributed by atoms with Crippen LogP contribution in [0.2, 0.25) is 0 Å². The molecule has 2 saturated carbocycles.